The number of hydrogen-bond donors (Lipinski definition) is 0. The summed E-state index contributed by atoms with van der Waals surface area (Å²) in [5.41, 5.74) is 2.84. The molecule has 1 aromatic carbocycles. The van der Waals surface area contributed by atoms with Gasteiger partial charge in [-0.2, -0.15) is 0 Å². The lowest BCUT2D eigenvalue weighted by atomic mass is 10.1. The van der Waals surface area contributed by atoms with Crippen LogP contribution in [0.1, 0.15) is 11.1 Å². The lowest BCUT2D eigenvalue weighted by molar-refractivity contribution is -0.429. The van der Waals surface area contributed by atoms with Gasteiger partial charge in [0.2, 0.25) is 0 Å². The predicted octanol–water partition coefficient (Wildman–Crippen LogP) is 2.34. The third-order valence-electron chi connectivity index (χ3n) is 1.75. The summed E-state index contributed by atoms with van der Waals surface area (Å²) in [6.45, 7) is 3.88. The molecule has 11 heavy (non-hydrogen) atoms. The normalized spacial score (nSPS) is 9.73. The Balaban J connectivity index is 3.32. The van der Waals surface area contributed by atoms with Crippen molar-refractivity contribution in [1.29, 1.82) is 0 Å². The van der Waals surface area contributed by atoms with Crippen molar-refractivity contribution < 1.29 is 4.76 Å². The monoisotopic (exact) mass is 150 g/mol. The van der Waals surface area contributed by atoms with Crippen LogP contribution in [0.2, 0.25) is 0 Å². The van der Waals surface area contributed by atoms with Crippen LogP contribution in [0, 0.1) is 18.8 Å². The van der Waals surface area contributed by atoms with Crippen LogP contribution in [0.5, 0.6) is 0 Å². The van der Waals surface area contributed by atoms with Gasteiger partial charge in [-0.3, -0.25) is 0 Å². The van der Waals surface area contributed by atoms with Gasteiger partial charge in [-0.25, -0.2) is 0 Å². The first-order valence-electron chi connectivity index (χ1n) is 3.60. The van der Waals surface area contributed by atoms with Gasteiger partial charge in [0.1, 0.15) is 0 Å². The highest BCUT2D eigenvalue weighted by molar-refractivity contribution is 5.45. The van der Waals surface area contributed by atoms with E-state index in [4.69, 9.17) is 0 Å². The van der Waals surface area contributed by atoms with Crippen molar-refractivity contribution in [3.8, 4) is 0 Å². The number of hydrogen-bond acceptors (Lipinski definition) is 1. The third-order valence-corrected chi connectivity index (χ3v) is 1.75. The van der Waals surface area contributed by atoms with E-state index < -0.39 is 0 Å². The van der Waals surface area contributed by atoms with Gasteiger partial charge in [0.05, 0.1) is 0 Å². The molecule has 1 aromatic rings. The number of nitrogens with zero attached hydrogens (tertiary/aromatic N) is 1. The van der Waals surface area contributed by atoms with Crippen LogP contribution in [-0.4, -0.2) is 11.8 Å². The van der Waals surface area contributed by atoms with E-state index in [0.717, 1.165) is 21.6 Å². The quantitative estimate of drug-likeness (QED) is 0.562. The maximum Gasteiger partial charge on any atom is 0.261 e. The van der Waals surface area contributed by atoms with Crippen LogP contribution in [-0.2, 0) is 0 Å². The van der Waals surface area contributed by atoms with Crippen molar-refractivity contribution in [2.75, 3.05) is 7.05 Å². The van der Waals surface area contributed by atoms with Gasteiger partial charge < -0.3 is 0 Å². The predicted molar refractivity (Wildman–Crippen MR) is 45.1 cm³/mol. The molecular formula is C9H12NO+. The molecule has 0 N–H and O–H groups in total. The highest BCUT2D eigenvalue weighted by atomic mass is 16.3. The Bertz CT molecular complexity index is 271. The van der Waals surface area contributed by atoms with Gasteiger partial charge in [0.15, 0.2) is 7.05 Å². The molecule has 0 heterocycles. The zero-order valence-corrected chi connectivity index (χ0v) is 7.09. The Morgan fingerprint density at radius 1 is 1.18 bits per heavy atom. The standard InChI is InChI=1S/C9H12NO/c1-7-5-4-6-8(2)9(7)10(3)11/h4-6H,1-3H3/q+1. The Morgan fingerprint density at radius 3 is 1.91 bits per heavy atom. The Morgan fingerprint density at radius 2 is 1.64 bits per heavy atom. The van der Waals surface area contributed by atoms with Crippen molar-refractivity contribution in [2.45, 2.75) is 13.8 Å². The SMILES string of the molecule is Cc1cccc(C)c1[N+](C)=O. The summed E-state index contributed by atoms with van der Waals surface area (Å²) in [4.78, 5) is 11.0. The van der Waals surface area contributed by atoms with Gasteiger partial charge in [-0.15, -0.1) is 0 Å². The largest absolute Gasteiger partial charge is 0.261 e. The summed E-state index contributed by atoms with van der Waals surface area (Å²) in [7, 11) is 1.52. The summed E-state index contributed by atoms with van der Waals surface area (Å²) >= 11 is 0. The van der Waals surface area contributed by atoms with Crippen molar-refractivity contribution in [3.05, 3.63) is 34.2 Å². The fourth-order valence-electron chi connectivity index (χ4n) is 1.30. The maximum atomic E-state index is 11.0. The van der Waals surface area contributed by atoms with E-state index in [0.29, 0.717) is 0 Å². The van der Waals surface area contributed by atoms with E-state index in [1.165, 1.54) is 7.05 Å². The molecule has 0 bridgehead atoms. The van der Waals surface area contributed by atoms with E-state index >= 15 is 0 Å². The highest BCUT2D eigenvalue weighted by Gasteiger charge is 2.13. The van der Waals surface area contributed by atoms with Gasteiger partial charge in [-0.1, -0.05) is 18.2 Å². The van der Waals surface area contributed by atoms with Gasteiger partial charge >= 0.3 is 0 Å². The number of nitroso groups, excluding NO2 is 1. The molecule has 0 aliphatic rings. The van der Waals surface area contributed by atoms with Crippen molar-refractivity contribution in [1.82, 2.24) is 0 Å². The molecule has 0 amide bonds. The molecule has 1 rings (SSSR count). The molecule has 2 heteroatoms. The zero-order chi connectivity index (χ0) is 8.43. The number of para-hydroxylation sites is 1. The van der Waals surface area contributed by atoms with Crippen LogP contribution >= 0.6 is 0 Å². The maximum absolute atomic E-state index is 11.0. The fraction of sp³-hybridized carbons (Fsp3) is 0.333. The molecule has 0 saturated heterocycles. The second-order valence-corrected chi connectivity index (χ2v) is 2.74. The van der Waals surface area contributed by atoms with Crippen LogP contribution in [0.25, 0.3) is 0 Å². The smallest absolute Gasteiger partial charge is 0.0612 e. The van der Waals surface area contributed by atoms with Gasteiger partial charge in [0.25, 0.3) is 5.69 Å². The minimum Gasteiger partial charge on any atom is -0.0612 e. The van der Waals surface area contributed by atoms with E-state index in [1.807, 2.05) is 32.0 Å². The van der Waals surface area contributed by atoms with Crippen LogP contribution in [0.4, 0.5) is 5.69 Å². The first-order valence-corrected chi connectivity index (χ1v) is 3.60. The summed E-state index contributed by atoms with van der Waals surface area (Å²) in [6.07, 6.45) is 0. The summed E-state index contributed by atoms with van der Waals surface area (Å²) < 4.78 is 0.907. The topological polar surface area (TPSA) is 20.1 Å². The minimum absolute atomic E-state index is 0.785. The van der Waals surface area contributed by atoms with Crippen molar-refractivity contribution >= 4 is 5.69 Å². The minimum atomic E-state index is 0.785. The van der Waals surface area contributed by atoms with Crippen LogP contribution in [0.15, 0.2) is 18.2 Å². The molecule has 0 aliphatic carbocycles. The first-order chi connectivity index (χ1) is 5.13. The highest BCUT2D eigenvalue weighted by Crippen LogP contribution is 2.20. The average molecular weight is 150 g/mol. The van der Waals surface area contributed by atoms with E-state index in [1.54, 1.807) is 0 Å². The van der Waals surface area contributed by atoms with E-state index in [-0.39, 0.29) is 0 Å². The molecule has 2 nitrogen and oxygen atoms in total. The summed E-state index contributed by atoms with van der Waals surface area (Å²) in [6, 6.07) is 5.84. The molecule has 0 fully saturated rings. The first kappa shape index (κ1) is 7.92. The lowest BCUT2D eigenvalue weighted by Crippen LogP contribution is -1.95. The van der Waals surface area contributed by atoms with Crippen LogP contribution in [0.3, 0.4) is 0 Å². The molecule has 0 radical (unpaired) electrons. The van der Waals surface area contributed by atoms with Gasteiger partial charge in [0, 0.05) is 20.8 Å². The van der Waals surface area contributed by atoms with Crippen LogP contribution < -0.4 is 0 Å². The fourth-order valence-corrected chi connectivity index (χ4v) is 1.30. The molecule has 0 aromatic heterocycles. The Kier molecular flexibility index (Phi) is 2.03. The summed E-state index contributed by atoms with van der Waals surface area (Å²) in [5.74, 6) is 0. The van der Waals surface area contributed by atoms with Crippen molar-refractivity contribution in [2.24, 2.45) is 0 Å². The van der Waals surface area contributed by atoms with E-state index in [2.05, 4.69) is 0 Å². The number of benzene rings is 1. The lowest BCUT2D eigenvalue weighted by Gasteiger charge is -1.96. The average Bonchev–Trinajstić information content (AvgIpc) is 1.85. The van der Waals surface area contributed by atoms with Gasteiger partial charge in [-0.05, 0) is 13.8 Å². The molecule has 0 aliphatic heterocycles. The summed E-state index contributed by atoms with van der Waals surface area (Å²) in [5, 5.41) is 0. The zero-order valence-electron chi connectivity index (χ0n) is 7.09. The van der Waals surface area contributed by atoms with E-state index in [9.17, 15) is 4.91 Å². The van der Waals surface area contributed by atoms with Crippen molar-refractivity contribution in [3.63, 3.8) is 0 Å². The molecular weight excluding hydrogens is 138 g/mol. The second kappa shape index (κ2) is 2.82. The molecule has 0 atom stereocenters. The number of rotatable bonds is 1. The second-order valence-electron chi connectivity index (χ2n) is 2.74. The molecule has 0 saturated carbocycles. The molecule has 0 spiro atoms. The third kappa shape index (κ3) is 1.45. The number of aryl methyl sites for hydroxylation is 2. The Labute approximate surface area is 66.4 Å². The molecule has 0 unspecified atom stereocenters. The molecule has 58 valence electrons. The Hall–Kier alpha value is -1.18.